The van der Waals surface area contributed by atoms with E-state index in [0.29, 0.717) is 42.8 Å². The van der Waals surface area contributed by atoms with Crippen molar-refractivity contribution >= 4 is 17.0 Å². The van der Waals surface area contributed by atoms with Crippen molar-refractivity contribution in [2.75, 3.05) is 25.5 Å². The van der Waals surface area contributed by atoms with Gasteiger partial charge in [-0.3, -0.25) is 4.57 Å². The van der Waals surface area contributed by atoms with Crippen molar-refractivity contribution in [1.82, 2.24) is 24.8 Å². The summed E-state index contributed by atoms with van der Waals surface area (Å²) in [6, 6.07) is 4.43. The summed E-state index contributed by atoms with van der Waals surface area (Å²) in [7, 11) is 0. The highest BCUT2D eigenvalue weighted by Gasteiger charge is 2.39. The van der Waals surface area contributed by atoms with Gasteiger partial charge in [0.1, 0.15) is 11.3 Å². The molecule has 1 saturated carbocycles. The van der Waals surface area contributed by atoms with Crippen molar-refractivity contribution in [1.29, 1.82) is 0 Å². The number of fused-ring (bicyclic) bond motifs is 6. The molecule has 0 radical (unpaired) electrons. The summed E-state index contributed by atoms with van der Waals surface area (Å²) in [4.78, 5) is 24.1. The molecule has 6 rings (SSSR count). The predicted molar refractivity (Wildman–Crippen MR) is 106 cm³/mol. The number of anilines is 1. The molecule has 3 aromatic rings. The molecule has 2 aliphatic heterocycles. The normalized spacial score (nSPS) is 22.9. The molecule has 3 aliphatic rings. The molecule has 2 atom stereocenters. The molecule has 0 saturated heterocycles. The lowest BCUT2D eigenvalue weighted by Crippen LogP contribution is -2.25. The van der Waals surface area contributed by atoms with Crippen LogP contribution in [0.2, 0.25) is 0 Å². The molecule has 1 aliphatic carbocycles. The van der Waals surface area contributed by atoms with Crippen LogP contribution in [0.15, 0.2) is 16.9 Å². The monoisotopic (exact) mass is 394 g/mol. The van der Waals surface area contributed by atoms with Crippen LogP contribution in [0, 0.1) is 11.8 Å². The third-order valence-corrected chi connectivity index (χ3v) is 6.15. The van der Waals surface area contributed by atoms with E-state index in [1.54, 1.807) is 4.57 Å². The third kappa shape index (κ3) is 2.84. The topological polar surface area (TPSA) is 120 Å². The molecule has 9 heteroatoms. The number of aromatic amines is 1. The van der Waals surface area contributed by atoms with Gasteiger partial charge in [0.15, 0.2) is 11.5 Å². The standard InChI is InChI=1S/C20H22N6O3/c21-17-16-18-25-19(24-17)29-9-13-5-12(13)8-28-15-4-10(7-26(18)20(27)23-16)3-11-6-22-2-1-14(11)15/h3-4,12-13,22H,1-2,5-9H2,(H,23,27)(H2,21,24,25)/t12-,13-/m0/s1. The first kappa shape index (κ1) is 16.8. The Balaban J connectivity index is 1.52. The summed E-state index contributed by atoms with van der Waals surface area (Å²) in [5.74, 6) is 2.06. The maximum atomic E-state index is 12.6. The van der Waals surface area contributed by atoms with Gasteiger partial charge in [-0.1, -0.05) is 6.07 Å². The van der Waals surface area contributed by atoms with Crippen molar-refractivity contribution in [3.8, 4) is 11.8 Å². The van der Waals surface area contributed by atoms with Crippen molar-refractivity contribution in [2.24, 2.45) is 11.8 Å². The third-order valence-electron chi connectivity index (χ3n) is 6.15. The van der Waals surface area contributed by atoms with Crippen LogP contribution in [0.5, 0.6) is 11.8 Å². The summed E-state index contributed by atoms with van der Waals surface area (Å²) in [5.41, 5.74) is 10.2. The van der Waals surface area contributed by atoms with Gasteiger partial charge in [0.2, 0.25) is 0 Å². The number of nitrogens with two attached hydrogens (primary N) is 1. The molecule has 4 N–H and O–H groups in total. The Morgan fingerprint density at radius 2 is 2.03 bits per heavy atom. The quantitative estimate of drug-likeness (QED) is 0.516. The number of nitrogen functional groups attached to an aromatic ring is 1. The molecular formula is C20H22N6O3. The SMILES string of the molecule is Nc1nc2nc3c1[nH]c(=O)n3Cc1cc3c(c(c1)OC[C@@H]1C[C@H]1CO2)CCNC3. The van der Waals surface area contributed by atoms with E-state index in [1.807, 2.05) is 0 Å². The second-order valence-corrected chi connectivity index (χ2v) is 8.14. The van der Waals surface area contributed by atoms with E-state index in [4.69, 9.17) is 15.2 Å². The Hall–Kier alpha value is -3.07. The first-order valence-electron chi connectivity index (χ1n) is 10.0. The van der Waals surface area contributed by atoms with Crippen LogP contribution in [0.1, 0.15) is 23.1 Å². The number of aromatic nitrogens is 4. The average molecular weight is 394 g/mol. The molecule has 1 aromatic carbocycles. The van der Waals surface area contributed by atoms with Gasteiger partial charge in [0, 0.05) is 6.54 Å². The van der Waals surface area contributed by atoms with E-state index in [1.165, 1.54) is 11.1 Å². The molecule has 9 nitrogen and oxygen atoms in total. The van der Waals surface area contributed by atoms with Crippen molar-refractivity contribution < 1.29 is 9.47 Å². The van der Waals surface area contributed by atoms with Gasteiger partial charge in [-0.05, 0) is 54.0 Å². The number of benzene rings is 1. The van der Waals surface area contributed by atoms with E-state index < -0.39 is 0 Å². The summed E-state index contributed by atoms with van der Waals surface area (Å²) in [5, 5.41) is 3.42. The zero-order chi connectivity index (χ0) is 19.5. The highest BCUT2D eigenvalue weighted by Crippen LogP contribution is 2.40. The number of imidazole rings is 1. The smallest absolute Gasteiger partial charge is 0.328 e. The second kappa shape index (κ2) is 6.21. The number of rotatable bonds is 0. The van der Waals surface area contributed by atoms with Crippen molar-refractivity contribution in [3.63, 3.8) is 0 Å². The van der Waals surface area contributed by atoms with Gasteiger partial charge < -0.3 is 25.5 Å². The molecule has 4 heterocycles. The molecule has 29 heavy (non-hydrogen) atoms. The van der Waals surface area contributed by atoms with Gasteiger partial charge in [-0.25, -0.2) is 4.79 Å². The lowest BCUT2D eigenvalue weighted by Gasteiger charge is -2.22. The van der Waals surface area contributed by atoms with E-state index in [0.717, 1.165) is 37.2 Å². The number of H-pyrrole nitrogens is 1. The van der Waals surface area contributed by atoms with Crippen LogP contribution in [0.4, 0.5) is 5.82 Å². The second-order valence-electron chi connectivity index (χ2n) is 8.14. The minimum atomic E-state index is -0.272. The number of hydrogen-bond acceptors (Lipinski definition) is 7. The minimum Gasteiger partial charge on any atom is -0.493 e. The largest absolute Gasteiger partial charge is 0.493 e. The lowest BCUT2D eigenvalue weighted by molar-refractivity contribution is 0.244. The first-order chi connectivity index (χ1) is 14.2. The van der Waals surface area contributed by atoms with Crippen LogP contribution in [0.25, 0.3) is 11.2 Å². The van der Waals surface area contributed by atoms with Gasteiger partial charge >= 0.3 is 11.7 Å². The van der Waals surface area contributed by atoms with Gasteiger partial charge in [0.05, 0.1) is 19.8 Å². The highest BCUT2D eigenvalue weighted by molar-refractivity contribution is 5.82. The van der Waals surface area contributed by atoms with Crippen molar-refractivity contribution in [3.05, 3.63) is 39.3 Å². The lowest BCUT2D eigenvalue weighted by atomic mass is 9.97. The Labute approximate surface area is 166 Å². The zero-order valence-electron chi connectivity index (χ0n) is 15.9. The van der Waals surface area contributed by atoms with Crippen LogP contribution in [-0.4, -0.2) is 39.3 Å². The van der Waals surface area contributed by atoms with Crippen LogP contribution < -0.4 is 26.2 Å². The fourth-order valence-corrected chi connectivity index (χ4v) is 4.39. The number of nitrogens with zero attached hydrogens (tertiary/aromatic N) is 3. The Morgan fingerprint density at radius 1 is 1.17 bits per heavy atom. The number of hydrogen-bond donors (Lipinski definition) is 3. The van der Waals surface area contributed by atoms with Crippen LogP contribution in [0.3, 0.4) is 0 Å². The van der Waals surface area contributed by atoms with Gasteiger partial charge in [-0.2, -0.15) is 9.97 Å². The summed E-state index contributed by atoms with van der Waals surface area (Å²) in [6.45, 7) is 3.32. The van der Waals surface area contributed by atoms with E-state index in [2.05, 4.69) is 32.4 Å². The highest BCUT2D eigenvalue weighted by atomic mass is 16.5. The van der Waals surface area contributed by atoms with Crippen LogP contribution >= 0.6 is 0 Å². The van der Waals surface area contributed by atoms with E-state index in [9.17, 15) is 4.79 Å². The molecule has 4 bridgehead atoms. The molecule has 0 amide bonds. The first-order valence-corrected chi connectivity index (χ1v) is 10.0. The maximum Gasteiger partial charge on any atom is 0.328 e. The Bertz CT molecular complexity index is 1180. The molecule has 150 valence electrons. The molecule has 0 spiro atoms. The molecule has 1 fully saturated rings. The van der Waals surface area contributed by atoms with Crippen molar-refractivity contribution in [2.45, 2.75) is 25.9 Å². The Kier molecular flexibility index (Phi) is 3.61. The van der Waals surface area contributed by atoms with E-state index in [-0.39, 0.29) is 17.5 Å². The summed E-state index contributed by atoms with van der Waals surface area (Å²) in [6.07, 6.45) is 2.01. The number of nitrogens with one attached hydrogen (secondary N) is 2. The zero-order valence-corrected chi connectivity index (χ0v) is 15.9. The van der Waals surface area contributed by atoms with Gasteiger partial charge in [0.25, 0.3) is 0 Å². The fraction of sp³-hybridized carbons (Fsp3) is 0.450. The average Bonchev–Trinajstić information content (AvgIpc) is 3.40. The minimum absolute atomic E-state index is 0.210. The Morgan fingerprint density at radius 3 is 2.93 bits per heavy atom. The summed E-state index contributed by atoms with van der Waals surface area (Å²) < 4.78 is 13.6. The molecular weight excluding hydrogens is 372 g/mol. The maximum absolute atomic E-state index is 12.6. The van der Waals surface area contributed by atoms with Gasteiger partial charge in [-0.15, -0.1) is 0 Å². The van der Waals surface area contributed by atoms with Crippen LogP contribution in [-0.2, 0) is 19.5 Å². The summed E-state index contributed by atoms with van der Waals surface area (Å²) >= 11 is 0. The predicted octanol–water partition coefficient (Wildman–Crippen LogP) is 0.803. The van der Waals surface area contributed by atoms with E-state index >= 15 is 0 Å². The molecule has 2 aromatic heterocycles. The number of ether oxygens (including phenoxy) is 2. The molecule has 0 unspecified atom stereocenters. The fourth-order valence-electron chi connectivity index (χ4n) is 4.39.